The lowest BCUT2D eigenvalue weighted by atomic mass is 10.1. The molecule has 0 fully saturated rings. The van der Waals surface area contributed by atoms with Gasteiger partial charge in [0.1, 0.15) is 5.75 Å². The molecule has 26 heavy (non-hydrogen) atoms. The Morgan fingerprint density at radius 3 is 2.50 bits per heavy atom. The molecule has 6 heteroatoms. The monoisotopic (exact) mass is 355 g/mol. The third kappa shape index (κ3) is 5.60. The highest BCUT2D eigenvalue weighted by atomic mass is 16.5. The number of ether oxygens (including phenoxy) is 1. The number of benzene rings is 2. The van der Waals surface area contributed by atoms with E-state index in [4.69, 9.17) is 10.5 Å². The Morgan fingerprint density at radius 2 is 1.88 bits per heavy atom. The summed E-state index contributed by atoms with van der Waals surface area (Å²) in [5, 5.41) is 2.76. The van der Waals surface area contributed by atoms with Gasteiger partial charge < -0.3 is 20.7 Å². The first kappa shape index (κ1) is 19.5. The standard InChI is InChI=1S/C20H25N3O3/c1-15(24)22-18-6-3-5-16(13-18)14-23(12-4-11-21)20(25)17-7-9-19(26-2)10-8-17/h3,5-10,13H,4,11-12,14,21H2,1-2H3,(H,22,24). The highest BCUT2D eigenvalue weighted by molar-refractivity contribution is 5.94. The minimum Gasteiger partial charge on any atom is -0.497 e. The summed E-state index contributed by atoms with van der Waals surface area (Å²) >= 11 is 0. The van der Waals surface area contributed by atoms with Crippen molar-refractivity contribution in [1.82, 2.24) is 4.90 Å². The van der Waals surface area contributed by atoms with Crippen LogP contribution in [0.15, 0.2) is 48.5 Å². The SMILES string of the molecule is COc1ccc(C(=O)N(CCCN)Cc2cccc(NC(C)=O)c2)cc1. The Kier molecular flexibility index (Phi) is 7.17. The number of amides is 2. The number of hydrogen-bond donors (Lipinski definition) is 2. The van der Waals surface area contributed by atoms with E-state index in [0.717, 1.165) is 5.56 Å². The number of rotatable bonds is 8. The summed E-state index contributed by atoms with van der Waals surface area (Å²) in [6.45, 7) is 2.98. The highest BCUT2D eigenvalue weighted by Gasteiger charge is 2.16. The molecule has 2 aromatic rings. The molecular weight excluding hydrogens is 330 g/mol. The van der Waals surface area contributed by atoms with Crippen LogP contribution in [-0.2, 0) is 11.3 Å². The van der Waals surface area contributed by atoms with Crippen LogP contribution in [-0.4, -0.2) is 36.9 Å². The first-order chi connectivity index (χ1) is 12.5. The molecule has 6 nitrogen and oxygen atoms in total. The summed E-state index contributed by atoms with van der Waals surface area (Å²) in [6.07, 6.45) is 0.716. The summed E-state index contributed by atoms with van der Waals surface area (Å²) in [4.78, 5) is 25.9. The molecule has 0 spiro atoms. The molecular formula is C20H25N3O3. The summed E-state index contributed by atoms with van der Waals surface area (Å²) in [7, 11) is 1.59. The number of carbonyl (C=O) groups excluding carboxylic acids is 2. The van der Waals surface area contributed by atoms with Crippen LogP contribution in [0.1, 0.15) is 29.3 Å². The van der Waals surface area contributed by atoms with E-state index in [0.29, 0.717) is 43.1 Å². The molecule has 0 saturated heterocycles. The fraction of sp³-hybridized carbons (Fsp3) is 0.300. The van der Waals surface area contributed by atoms with E-state index in [-0.39, 0.29) is 11.8 Å². The van der Waals surface area contributed by atoms with Crippen molar-refractivity contribution in [2.24, 2.45) is 5.73 Å². The zero-order chi connectivity index (χ0) is 18.9. The van der Waals surface area contributed by atoms with Crippen LogP contribution in [0.4, 0.5) is 5.69 Å². The van der Waals surface area contributed by atoms with E-state index in [1.807, 2.05) is 24.3 Å². The lowest BCUT2D eigenvalue weighted by Crippen LogP contribution is -2.32. The number of nitrogens with two attached hydrogens (primary N) is 1. The first-order valence-electron chi connectivity index (χ1n) is 8.53. The van der Waals surface area contributed by atoms with E-state index < -0.39 is 0 Å². The molecule has 2 rings (SSSR count). The minimum atomic E-state index is -0.128. The van der Waals surface area contributed by atoms with Crippen molar-refractivity contribution in [2.75, 3.05) is 25.5 Å². The number of hydrogen-bond acceptors (Lipinski definition) is 4. The van der Waals surface area contributed by atoms with Crippen LogP contribution < -0.4 is 15.8 Å². The van der Waals surface area contributed by atoms with Gasteiger partial charge >= 0.3 is 0 Å². The van der Waals surface area contributed by atoms with Crippen molar-refractivity contribution in [3.8, 4) is 5.75 Å². The van der Waals surface area contributed by atoms with Crippen molar-refractivity contribution in [1.29, 1.82) is 0 Å². The Bertz CT molecular complexity index is 744. The second-order valence-corrected chi connectivity index (χ2v) is 5.98. The van der Waals surface area contributed by atoms with Crippen LogP contribution in [0.2, 0.25) is 0 Å². The molecule has 0 aliphatic heterocycles. The lowest BCUT2D eigenvalue weighted by Gasteiger charge is -2.23. The summed E-state index contributed by atoms with van der Waals surface area (Å²) in [5.41, 5.74) is 7.88. The van der Waals surface area contributed by atoms with Gasteiger partial charge in [0.15, 0.2) is 0 Å². The van der Waals surface area contributed by atoms with Gasteiger partial charge in [-0.2, -0.15) is 0 Å². The second kappa shape index (κ2) is 9.58. The van der Waals surface area contributed by atoms with E-state index >= 15 is 0 Å². The van der Waals surface area contributed by atoms with E-state index in [1.165, 1.54) is 6.92 Å². The van der Waals surface area contributed by atoms with Crippen molar-refractivity contribution >= 4 is 17.5 Å². The van der Waals surface area contributed by atoms with Gasteiger partial charge in [0.05, 0.1) is 7.11 Å². The van der Waals surface area contributed by atoms with Crippen molar-refractivity contribution in [3.63, 3.8) is 0 Å². The molecule has 0 unspecified atom stereocenters. The van der Waals surface area contributed by atoms with Crippen LogP contribution in [0.25, 0.3) is 0 Å². The predicted molar refractivity (Wildman–Crippen MR) is 102 cm³/mol. The quantitative estimate of drug-likeness (QED) is 0.762. The molecule has 0 atom stereocenters. The van der Waals surface area contributed by atoms with E-state index in [2.05, 4.69) is 5.32 Å². The largest absolute Gasteiger partial charge is 0.497 e. The predicted octanol–water partition coefficient (Wildman–Crippen LogP) is 2.64. The van der Waals surface area contributed by atoms with Gasteiger partial charge in [-0.05, 0) is 54.9 Å². The van der Waals surface area contributed by atoms with Gasteiger partial charge in [0.25, 0.3) is 5.91 Å². The topological polar surface area (TPSA) is 84.7 Å². The zero-order valence-corrected chi connectivity index (χ0v) is 15.2. The molecule has 0 bridgehead atoms. The maximum absolute atomic E-state index is 12.9. The first-order valence-corrected chi connectivity index (χ1v) is 8.53. The second-order valence-electron chi connectivity index (χ2n) is 5.98. The summed E-state index contributed by atoms with van der Waals surface area (Å²) in [5.74, 6) is 0.514. The minimum absolute atomic E-state index is 0.0639. The lowest BCUT2D eigenvalue weighted by molar-refractivity contribution is -0.114. The maximum atomic E-state index is 12.9. The van der Waals surface area contributed by atoms with Crippen molar-refractivity contribution in [3.05, 3.63) is 59.7 Å². The van der Waals surface area contributed by atoms with Gasteiger partial charge in [-0.3, -0.25) is 9.59 Å². The summed E-state index contributed by atoms with van der Waals surface area (Å²) in [6, 6.07) is 14.5. The molecule has 0 radical (unpaired) electrons. The normalized spacial score (nSPS) is 10.3. The van der Waals surface area contributed by atoms with Crippen LogP contribution in [0.5, 0.6) is 5.75 Å². The zero-order valence-electron chi connectivity index (χ0n) is 15.2. The number of nitrogens with zero attached hydrogens (tertiary/aromatic N) is 1. The Morgan fingerprint density at radius 1 is 1.15 bits per heavy atom. The number of nitrogens with one attached hydrogen (secondary N) is 1. The maximum Gasteiger partial charge on any atom is 0.254 e. The number of methoxy groups -OCH3 is 1. The Balaban J connectivity index is 2.18. The fourth-order valence-corrected chi connectivity index (χ4v) is 2.62. The number of carbonyl (C=O) groups is 2. The van der Waals surface area contributed by atoms with Gasteiger partial charge in [0, 0.05) is 31.3 Å². The van der Waals surface area contributed by atoms with E-state index in [1.54, 1.807) is 36.3 Å². The Hall–Kier alpha value is -2.86. The molecule has 3 N–H and O–H groups in total. The average Bonchev–Trinajstić information content (AvgIpc) is 2.64. The molecule has 2 amide bonds. The fourth-order valence-electron chi connectivity index (χ4n) is 2.62. The van der Waals surface area contributed by atoms with Crippen molar-refractivity contribution in [2.45, 2.75) is 19.9 Å². The molecule has 0 aliphatic carbocycles. The average molecular weight is 355 g/mol. The molecule has 0 aliphatic rings. The molecule has 0 heterocycles. The van der Waals surface area contributed by atoms with Crippen molar-refractivity contribution < 1.29 is 14.3 Å². The number of anilines is 1. The molecule has 0 saturated carbocycles. The van der Waals surface area contributed by atoms with Gasteiger partial charge in [-0.25, -0.2) is 0 Å². The highest BCUT2D eigenvalue weighted by Crippen LogP contribution is 2.17. The Labute approximate surface area is 153 Å². The third-order valence-electron chi connectivity index (χ3n) is 3.88. The van der Waals surface area contributed by atoms with Crippen LogP contribution >= 0.6 is 0 Å². The molecule has 0 aromatic heterocycles. The molecule has 2 aromatic carbocycles. The van der Waals surface area contributed by atoms with Gasteiger partial charge in [0.2, 0.25) is 5.91 Å². The smallest absolute Gasteiger partial charge is 0.254 e. The van der Waals surface area contributed by atoms with E-state index in [9.17, 15) is 9.59 Å². The molecule has 138 valence electrons. The third-order valence-corrected chi connectivity index (χ3v) is 3.88. The summed E-state index contributed by atoms with van der Waals surface area (Å²) < 4.78 is 5.14. The van der Waals surface area contributed by atoms with Gasteiger partial charge in [-0.1, -0.05) is 12.1 Å². The van der Waals surface area contributed by atoms with Crippen LogP contribution in [0.3, 0.4) is 0 Å². The van der Waals surface area contributed by atoms with Gasteiger partial charge in [-0.15, -0.1) is 0 Å². The van der Waals surface area contributed by atoms with Crippen LogP contribution in [0, 0.1) is 0 Å².